The van der Waals surface area contributed by atoms with Crippen LogP contribution in [0.3, 0.4) is 0 Å². The van der Waals surface area contributed by atoms with Gasteiger partial charge in [-0.05, 0) is 30.2 Å². The third kappa shape index (κ3) is 5.20. The van der Waals surface area contributed by atoms with Gasteiger partial charge in [0, 0.05) is 45.4 Å². The highest BCUT2D eigenvalue weighted by atomic mass is 16.5. The van der Waals surface area contributed by atoms with Crippen LogP contribution >= 0.6 is 0 Å². The molecule has 128 valence electrons. The van der Waals surface area contributed by atoms with Gasteiger partial charge in [-0.15, -0.1) is 0 Å². The maximum atomic E-state index is 12.1. The highest BCUT2D eigenvalue weighted by molar-refractivity contribution is 6.39. The van der Waals surface area contributed by atoms with Gasteiger partial charge in [-0.2, -0.15) is 5.10 Å². The number of methoxy groups -OCH3 is 1. The molecule has 1 N–H and O–H groups in total. The van der Waals surface area contributed by atoms with Crippen LogP contribution in [-0.4, -0.2) is 53.8 Å². The molecule has 0 bridgehead atoms. The van der Waals surface area contributed by atoms with E-state index >= 15 is 0 Å². The van der Waals surface area contributed by atoms with E-state index in [2.05, 4.69) is 10.4 Å². The zero-order chi connectivity index (χ0) is 17.4. The first-order valence-electron chi connectivity index (χ1n) is 7.72. The first-order valence-corrected chi connectivity index (χ1v) is 7.72. The van der Waals surface area contributed by atoms with Crippen molar-refractivity contribution in [1.29, 1.82) is 0 Å². The van der Waals surface area contributed by atoms with E-state index < -0.39 is 11.8 Å². The summed E-state index contributed by atoms with van der Waals surface area (Å²) in [5.41, 5.74) is 1.57. The molecular weight excluding hydrogens is 308 g/mol. The minimum absolute atomic E-state index is 0.472. The first-order chi connectivity index (χ1) is 11.6. The fourth-order valence-corrected chi connectivity index (χ4v) is 2.23. The van der Waals surface area contributed by atoms with Gasteiger partial charge in [-0.3, -0.25) is 14.3 Å². The molecule has 7 heteroatoms. The van der Waals surface area contributed by atoms with Crippen molar-refractivity contribution in [3.05, 3.63) is 48.3 Å². The van der Waals surface area contributed by atoms with E-state index in [1.165, 1.54) is 4.90 Å². The molecule has 2 aromatic rings. The Bertz CT molecular complexity index is 670. The molecule has 7 nitrogen and oxygen atoms in total. The van der Waals surface area contributed by atoms with Crippen LogP contribution in [0.25, 0.3) is 0 Å². The smallest absolute Gasteiger partial charge is 0.313 e. The van der Waals surface area contributed by atoms with Crippen LogP contribution in [0, 0.1) is 0 Å². The van der Waals surface area contributed by atoms with E-state index in [1.54, 1.807) is 31.1 Å². The summed E-state index contributed by atoms with van der Waals surface area (Å²) in [6, 6.07) is 9.21. The monoisotopic (exact) mass is 330 g/mol. The van der Waals surface area contributed by atoms with Crippen LogP contribution in [-0.2, 0) is 20.9 Å². The molecule has 0 fully saturated rings. The number of aromatic nitrogens is 2. The molecule has 2 rings (SSSR count). The number of carbonyl (C=O) groups is 2. The van der Waals surface area contributed by atoms with Crippen molar-refractivity contribution in [2.75, 3.05) is 32.6 Å². The van der Waals surface area contributed by atoms with E-state index in [4.69, 9.17) is 4.74 Å². The lowest BCUT2D eigenvalue weighted by atomic mass is 10.2. The van der Waals surface area contributed by atoms with Crippen LogP contribution < -0.4 is 5.32 Å². The Hall–Kier alpha value is -2.67. The summed E-state index contributed by atoms with van der Waals surface area (Å²) in [6.45, 7) is 1.62. The van der Waals surface area contributed by atoms with Crippen molar-refractivity contribution in [3.63, 3.8) is 0 Å². The molecule has 1 heterocycles. The van der Waals surface area contributed by atoms with Crippen molar-refractivity contribution in [2.45, 2.75) is 13.0 Å². The van der Waals surface area contributed by atoms with Crippen LogP contribution in [0.4, 0.5) is 5.69 Å². The second-order valence-electron chi connectivity index (χ2n) is 5.43. The second kappa shape index (κ2) is 8.83. The van der Waals surface area contributed by atoms with Crippen molar-refractivity contribution < 1.29 is 14.3 Å². The molecule has 0 saturated heterocycles. The summed E-state index contributed by atoms with van der Waals surface area (Å²) in [7, 11) is 3.20. The number of likely N-dealkylation sites (N-methyl/N-ethyl adjacent to an activating group) is 1. The summed E-state index contributed by atoms with van der Waals surface area (Å²) in [5, 5.41) is 6.79. The number of nitrogens with zero attached hydrogens (tertiary/aromatic N) is 3. The van der Waals surface area contributed by atoms with Crippen LogP contribution in [0.5, 0.6) is 0 Å². The molecule has 1 aromatic carbocycles. The Balaban J connectivity index is 1.92. The molecule has 0 aliphatic heterocycles. The Morgan fingerprint density at radius 1 is 1.33 bits per heavy atom. The largest absolute Gasteiger partial charge is 0.385 e. The highest BCUT2D eigenvalue weighted by Gasteiger charge is 2.18. The molecule has 2 amide bonds. The summed E-state index contributed by atoms with van der Waals surface area (Å²) in [4.78, 5) is 25.5. The van der Waals surface area contributed by atoms with Gasteiger partial charge in [0.2, 0.25) is 0 Å². The molecule has 0 unspecified atom stereocenters. The predicted molar refractivity (Wildman–Crippen MR) is 90.5 cm³/mol. The number of ether oxygens (including phenoxy) is 1. The molecule has 0 spiro atoms. The number of carbonyl (C=O) groups excluding carboxylic acids is 2. The minimum Gasteiger partial charge on any atom is -0.385 e. The van der Waals surface area contributed by atoms with Crippen molar-refractivity contribution in [1.82, 2.24) is 14.7 Å². The first kappa shape index (κ1) is 17.7. The van der Waals surface area contributed by atoms with Gasteiger partial charge in [0.1, 0.15) is 0 Å². The fourth-order valence-electron chi connectivity index (χ4n) is 2.23. The highest BCUT2D eigenvalue weighted by Crippen LogP contribution is 2.12. The molecule has 0 aliphatic rings. The molecule has 0 radical (unpaired) electrons. The predicted octanol–water partition coefficient (Wildman–Crippen LogP) is 1.36. The van der Waals surface area contributed by atoms with Crippen molar-refractivity contribution >= 4 is 17.5 Å². The maximum Gasteiger partial charge on any atom is 0.313 e. The molecule has 24 heavy (non-hydrogen) atoms. The number of hydrogen-bond acceptors (Lipinski definition) is 4. The maximum absolute atomic E-state index is 12.1. The normalized spacial score (nSPS) is 10.4. The van der Waals surface area contributed by atoms with Crippen LogP contribution in [0.15, 0.2) is 42.7 Å². The number of rotatable bonds is 7. The Morgan fingerprint density at radius 2 is 2.17 bits per heavy atom. The minimum atomic E-state index is -0.647. The summed E-state index contributed by atoms with van der Waals surface area (Å²) >= 11 is 0. The summed E-state index contributed by atoms with van der Waals surface area (Å²) < 4.78 is 6.73. The summed E-state index contributed by atoms with van der Waals surface area (Å²) in [5.74, 6) is -1.21. The lowest BCUT2D eigenvalue weighted by Gasteiger charge is -2.16. The second-order valence-corrected chi connectivity index (χ2v) is 5.43. The van der Waals surface area contributed by atoms with Crippen LogP contribution in [0.2, 0.25) is 0 Å². The van der Waals surface area contributed by atoms with Gasteiger partial charge >= 0.3 is 11.8 Å². The van der Waals surface area contributed by atoms with Gasteiger partial charge in [0.25, 0.3) is 0 Å². The Morgan fingerprint density at radius 3 is 2.88 bits per heavy atom. The fraction of sp³-hybridized carbons (Fsp3) is 0.353. The number of amides is 2. The van der Waals surface area contributed by atoms with Gasteiger partial charge in [0.15, 0.2) is 0 Å². The van der Waals surface area contributed by atoms with Crippen molar-refractivity contribution in [2.24, 2.45) is 0 Å². The molecule has 1 aromatic heterocycles. The number of nitrogens with one attached hydrogen (secondary N) is 1. The number of benzene rings is 1. The molecular formula is C17H22N4O3. The zero-order valence-corrected chi connectivity index (χ0v) is 13.9. The third-order valence-corrected chi connectivity index (χ3v) is 3.47. The molecule has 0 saturated carbocycles. The Kier molecular flexibility index (Phi) is 6.51. The van der Waals surface area contributed by atoms with E-state index in [-0.39, 0.29) is 0 Å². The van der Waals surface area contributed by atoms with Gasteiger partial charge in [-0.1, -0.05) is 12.1 Å². The number of anilines is 1. The van der Waals surface area contributed by atoms with E-state index in [0.29, 0.717) is 31.8 Å². The lowest BCUT2D eigenvalue weighted by molar-refractivity contribution is -0.142. The van der Waals surface area contributed by atoms with Gasteiger partial charge in [-0.25, -0.2) is 0 Å². The number of hydrogen-bond donors (Lipinski definition) is 1. The van der Waals surface area contributed by atoms with Crippen molar-refractivity contribution in [3.8, 4) is 0 Å². The van der Waals surface area contributed by atoms with E-state index in [1.807, 2.05) is 30.5 Å². The molecule has 0 aliphatic carbocycles. The quantitative estimate of drug-likeness (QED) is 0.614. The SMILES string of the molecule is COCCCN(C)C(=O)C(=O)Nc1cccc(Cn2cccn2)c1. The average molecular weight is 330 g/mol. The molecule has 0 atom stereocenters. The zero-order valence-electron chi connectivity index (χ0n) is 13.9. The summed E-state index contributed by atoms with van der Waals surface area (Å²) in [6.07, 6.45) is 4.26. The van der Waals surface area contributed by atoms with Gasteiger partial charge < -0.3 is 15.0 Å². The average Bonchev–Trinajstić information content (AvgIpc) is 3.07. The lowest BCUT2D eigenvalue weighted by Crippen LogP contribution is -2.37. The van der Waals surface area contributed by atoms with Crippen LogP contribution in [0.1, 0.15) is 12.0 Å². The standard InChI is InChI=1S/C17H22N4O3/c1-20(9-5-11-24-2)17(23)16(22)19-15-7-3-6-14(12-15)13-21-10-4-8-18-21/h3-4,6-8,10,12H,5,9,11,13H2,1-2H3,(H,19,22). The van der Waals surface area contributed by atoms with E-state index in [0.717, 1.165) is 5.56 Å². The topological polar surface area (TPSA) is 76.5 Å². The van der Waals surface area contributed by atoms with Gasteiger partial charge in [0.05, 0.1) is 6.54 Å². The Labute approximate surface area is 141 Å². The third-order valence-electron chi connectivity index (χ3n) is 3.47. The van der Waals surface area contributed by atoms with E-state index in [9.17, 15) is 9.59 Å².